The van der Waals surface area contributed by atoms with Gasteiger partial charge in [-0.25, -0.2) is 0 Å². The second kappa shape index (κ2) is 8.26. The number of hydrogen-bond acceptors (Lipinski definition) is 2. The average Bonchev–Trinajstić information content (AvgIpc) is 3.20. The Morgan fingerprint density at radius 3 is 2.21 bits per heavy atom. The molecule has 1 aliphatic rings. The third-order valence-electron chi connectivity index (χ3n) is 4.63. The third kappa shape index (κ3) is 5.83. The Morgan fingerprint density at radius 1 is 1.16 bits per heavy atom. The average molecular weight is 268 g/mol. The van der Waals surface area contributed by atoms with Crippen molar-refractivity contribution in [2.24, 2.45) is 11.3 Å². The molecule has 2 heteroatoms. The molecule has 0 spiro atoms. The summed E-state index contributed by atoms with van der Waals surface area (Å²) in [5, 5.41) is 3.67. The largest absolute Gasteiger partial charge is 0.316 e. The molecule has 0 amide bonds. The molecule has 0 heterocycles. The molecule has 1 saturated carbocycles. The van der Waals surface area contributed by atoms with Gasteiger partial charge in [0.2, 0.25) is 0 Å². The van der Waals surface area contributed by atoms with Crippen molar-refractivity contribution in [2.45, 2.75) is 72.8 Å². The van der Waals surface area contributed by atoms with E-state index in [-0.39, 0.29) is 0 Å². The van der Waals surface area contributed by atoms with Crippen molar-refractivity contribution in [1.82, 2.24) is 10.2 Å². The van der Waals surface area contributed by atoms with E-state index in [9.17, 15) is 0 Å². The minimum Gasteiger partial charge on any atom is -0.316 e. The molecule has 1 rings (SSSR count). The molecule has 0 aromatic carbocycles. The first-order valence-corrected chi connectivity index (χ1v) is 8.51. The molecule has 19 heavy (non-hydrogen) atoms. The Kier molecular flexibility index (Phi) is 7.38. The molecule has 0 atom stereocenters. The Hall–Kier alpha value is -0.0800. The lowest BCUT2D eigenvalue weighted by molar-refractivity contribution is 0.117. The van der Waals surface area contributed by atoms with Crippen LogP contribution in [0.5, 0.6) is 0 Å². The summed E-state index contributed by atoms with van der Waals surface area (Å²) >= 11 is 0. The quantitative estimate of drug-likeness (QED) is 0.572. The summed E-state index contributed by atoms with van der Waals surface area (Å²) in [6, 6.07) is 0.894. The third-order valence-corrected chi connectivity index (χ3v) is 4.63. The maximum Gasteiger partial charge on any atom is 0.00967 e. The molecule has 1 aliphatic carbocycles. The van der Waals surface area contributed by atoms with Crippen LogP contribution in [0.4, 0.5) is 0 Å². The second-order valence-electron chi connectivity index (χ2n) is 6.94. The van der Waals surface area contributed by atoms with Gasteiger partial charge in [0, 0.05) is 25.7 Å². The molecule has 114 valence electrons. The number of nitrogens with one attached hydrogen (secondary N) is 1. The zero-order valence-corrected chi connectivity index (χ0v) is 14.0. The molecular weight excluding hydrogens is 232 g/mol. The van der Waals surface area contributed by atoms with Crippen molar-refractivity contribution in [1.29, 1.82) is 0 Å². The van der Waals surface area contributed by atoms with Crippen molar-refractivity contribution >= 4 is 0 Å². The van der Waals surface area contributed by atoms with E-state index in [2.05, 4.69) is 44.8 Å². The Bertz CT molecular complexity index is 229. The summed E-state index contributed by atoms with van der Waals surface area (Å²) in [5.74, 6) is 0.788. The lowest BCUT2D eigenvalue weighted by Gasteiger charge is -2.38. The summed E-state index contributed by atoms with van der Waals surface area (Å²) in [6.07, 6.45) is 6.68. The van der Waals surface area contributed by atoms with Crippen LogP contribution in [0.3, 0.4) is 0 Å². The highest BCUT2D eigenvalue weighted by Gasteiger charge is 2.35. The first kappa shape index (κ1) is 17.0. The van der Waals surface area contributed by atoms with E-state index in [4.69, 9.17) is 0 Å². The maximum atomic E-state index is 3.67. The van der Waals surface area contributed by atoms with E-state index in [1.165, 1.54) is 51.7 Å². The zero-order chi connectivity index (χ0) is 14.3. The predicted octanol–water partition coefficient (Wildman–Crippen LogP) is 3.91. The van der Waals surface area contributed by atoms with Gasteiger partial charge in [0.05, 0.1) is 0 Å². The molecule has 0 radical (unpaired) electrons. The van der Waals surface area contributed by atoms with E-state index in [1.807, 2.05) is 0 Å². The van der Waals surface area contributed by atoms with Crippen LogP contribution in [0.1, 0.15) is 66.7 Å². The van der Waals surface area contributed by atoms with Gasteiger partial charge in [-0.15, -0.1) is 0 Å². The lowest BCUT2D eigenvalue weighted by atomic mass is 9.81. The smallest absolute Gasteiger partial charge is 0.00967 e. The van der Waals surface area contributed by atoms with Crippen molar-refractivity contribution < 1.29 is 0 Å². The van der Waals surface area contributed by atoms with Crippen LogP contribution in [-0.4, -0.2) is 37.1 Å². The van der Waals surface area contributed by atoms with Gasteiger partial charge in [0.15, 0.2) is 0 Å². The van der Waals surface area contributed by atoms with Gasteiger partial charge in [0.1, 0.15) is 0 Å². The van der Waals surface area contributed by atoms with E-state index >= 15 is 0 Å². The predicted molar refractivity (Wildman–Crippen MR) is 85.6 cm³/mol. The molecule has 1 N–H and O–H groups in total. The molecule has 0 aromatic heterocycles. The molecule has 0 unspecified atom stereocenters. The summed E-state index contributed by atoms with van der Waals surface area (Å²) in [5.41, 5.74) is 0.479. The van der Waals surface area contributed by atoms with Gasteiger partial charge >= 0.3 is 0 Å². The van der Waals surface area contributed by atoms with Crippen molar-refractivity contribution in [3.8, 4) is 0 Å². The molecule has 1 fully saturated rings. The normalized spacial score (nSPS) is 16.6. The summed E-state index contributed by atoms with van der Waals surface area (Å²) in [7, 11) is 0. The van der Waals surface area contributed by atoms with Crippen LogP contribution < -0.4 is 5.32 Å². The van der Waals surface area contributed by atoms with Crippen LogP contribution in [-0.2, 0) is 0 Å². The highest BCUT2D eigenvalue weighted by atomic mass is 15.2. The minimum atomic E-state index is 0.479. The van der Waals surface area contributed by atoms with E-state index in [0.717, 1.165) is 18.5 Å². The lowest BCUT2D eigenvalue weighted by Crippen LogP contribution is -2.45. The molecular formula is C17H36N2. The standard InChI is InChI=1S/C17H36N2/c1-6-11-18-13-17(7-2,8-3)14-19(12-15(4)5)16-9-10-16/h15-16,18H,6-14H2,1-5H3. The molecule has 0 aliphatic heterocycles. The summed E-state index contributed by atoms with van der Waals surface area (Å²) in [4.78, 5) is 2.78. The second-order valence-corrected chi connectivity index (χ2v) is 6.94. The van der Waals surface area contributed by atoms with Gasteiger partial charge in [-0.1, -0.05) is 34.6 Å². The highest BCUT2D eigenvalue weighted by molar-refractivity contribution is 4.91. The fourth-order valence-corrected chi connectivity index (χ4v) is 2.99. The van der Waals surface area contributed by atoms with E-state index in [1.54, 1.807) is 0 Å². The van der Waals surface area contributed by atoms with Crippen LogP contribution in [0.15, 0.2) is 0 Å². The Labute approximate surface area is 121 Å². The van der Waals surface area contributed by atoms with Crippen LogP contribution in [0, 0.1) is 11.3 Å². The summed E-state index contributed by atoms with van der Waals surface area (Å²) < 4.78 is 0. The summed E-state index contributed by atoms with van der Waals surface area (Å²) in [6.45, 7) is 16.6. The number of hydrogen-bond donors (Lipinski definition) is 1. The monoisotopic (exact) mass is 268 g/mol. The molecule has 0 saturated heterocycles. The number of nitrogens with zero attached hydrogens (tertiary/aromatic N) is 1. The Balaban J connectivity index is 2.57. The van der Waals surface area contributed by atoms with Gasteiger partial charge in [-0.2, -0.15) is 0 Å². The van der Waals surface area contributed by atoms with Gasteiger partial charge in [0.25, 0.3) is 0 Å². The van der Waals surface area contributed by atoms with E-state index in [0.29, 0.717) is 5.41 Å². The maximum absolute atomic E-state index is 3.67. The molecule has 2 nitrogen and oxygen atoms in total. The van der Waals surface area contributed by atoms with Crippen molar-refractivity contribution in [3.05, 3.63) is 0 Å². The van der Waals surface area contributed by atoms with Crippen LogP contribution in [0.25, 0.3) is 0 Å². The Morgan fingerprint density at radius 2 is 1.79 bits per heavy atom. The van der Waals surface area contributed by atoms with Crippen molar-refractivity contribution in [3.63, 3.8) is 0 Å². The fourth-order valence-electron chi connectivity index (χ4n) is 2.99. The molecule has 0 bridgehead atoms. The van der Waals surface area contributed by atoms with E-state index < -0.39 is 0 Å². The van der Waals surface area contributed by atoms with Gasteiger partial charge < -0.3 is 5.32 Å². The fraction of sp³-hybridized carbons (Fsp3) is 1.00. The van der Waals surface area contributed by atoms with Crippen LogP contribution in [0.2, 0.25) is 0 Å². The topological polar surface area (TPSA) is 15.3 Å². The van der Waals surface area contributed by atoms with Crippen LogP contribution >= 0.6 is 0 Å². The highest BCUT2D eigenvalue weighted by Crippen LogP contribution is 2.34. The minimum absolute atomic E-state index is 0.479. The first-order chi connectivity index (χ1) is 9.06. The number of rotatable bonds is 11. The van der Waals surface area contributed by atoms with Gasteiger partial charge in [-0.05, 0) is 50.0 Å². The van der Waals surface area contributed by atoms with Crippen molar-refractivity contribution in [2.75, 3.05) is 26.2 Å². The first-order valence-electron chi connectivity index (χ1n) is 8.51. The SMILES string of the molecule is CCCNCC(CC)(CC)CN(CC(C)C)C1CC1. The van der Waals surface area contributed by atoms with Gasteiger partial charge in [-0.3, -0.25) is 4.90 Å². The molecule has 0 aromatic rings. The zero-order valence-electron chi connectivity index (χ0n) is 14.0.